The second-order valence-electron chi connectivity index (χ2n) is 4.81. The lowest BCUT2D eigenvalue weighted by Crippen LogP contribution is -2.23. The van der Waals surface area contributed by atoms with Gasteiger partial charge in [-0.1, -0.05) is 19.1 Å². The Bertz CT molecular complexity index is 410. The highest BCUT2D eigenvalue weighted by molar-refractivity contribution is 5.71. The summed E-state index contributed by atoms with van der Waals surface area (Å²) >= 11 is 0. The summed E-state index contributed by atoms with van der Waals surface area (Å²) in [6, 6.07) is 7.03. The van der Waals surface area contributed by atoms with Gasteiger partial charge in [0, 0.05) is 5.92 Å². The lowest BCUT2D eigenvalue weighted by molar-refractivity contribution is -0.142. The standard InChI is InChI=1S/C14H18O3/c1-2-12(14(16)17)13(9-6-7-9)10-4-3-5-11(15)8-10/h3-5,8-9,12-13,15H,2,6-7H2,1H3,(H,16,17). The Morgan fingerprint density at radius 1 is 1.47 bits per heavy atom. The number of aliphatic carboxylic acids is 1. The predicted molar refractivity (Wildman–Crippen MR) is 65.0 cm³/mol. The molecule has 1 saturated carbocycles. The number of carbonyl (C=O) groups is 1. The minimum absolute atomic E-state index is 0.0459. The van der Waals surface area contributed by atoms with E-state index in [1.807, 2.05) is 13.0 Å². The molecule has 0 aromatic heterocycles. The van der Waals surface area contributed by atoms with Crippen LogP contribution in [0.3, 0.4) is 0 Å². The smallest absolute Gasteiger partial charge is 0.307 e. The number of carboxylic acids is 1. The van der Waals surface area contributed by atoms with Crippen molar-refractivity contribution < 1.29 is 15.0 Å². The van der Waals surface area contributed by atoms with Crippen LogP contribution in [0.5, 0.6) is 5.75 Å². The fraction of sp³-hybridized carbons (Fsp3) is 0.500. The highest BCUT2D eigenvalue weighted by Crippen LogP contribution is 2.48. The van der Waals surface area contributed by atoms with Gasteiger partial charge in [0.05, 0.1) is 5.92 Å². The van der Waals surface area contributed by atoms with Gasteiger partial charge < -0.3 is 10.2 Å². The zero-order valence-electron chi connectivity index (χ0n) is 9.97. The Morgan fingerprint density at radius 2 is 2.18 bits per heavy atom. The molecule has 0 amide bonds. The second-order valence-corrected chi connectivity index (χ2v) is 4.81. The van der Waals surface area contributed by atoms with E-state index in [1.54, 1.807) is 18.2 Å². The SMILES string of the molecule is CCC(C(=O)O)C(c1cccc(O)c1)C1CC1. The molecule has 17 heavy (non-hydrogen) atoms. The van der Waals surface area contributed by atoms with E-state index >= 15 is 0 Å². The fourth-order valence-corrected chi connectivity index (χ4v) is 2.60. The van der Waals surface area contributed by atoms with Crippen LogP contribution in [-0.2, 0) is 4.79 Å². The molecule has 1 aromatic carbocycles. The first-order chi connectivity index (χ1) is 8.13. The Kier molecular flexibility index (Phi) is 3.36. The van der Waals surface area contributed by atoms with Gasteiger partial charge in [0.15, 0.2) is 0 Å². The second kappa shape index (κ2) is 4.78. The molecule has 1 aliphatic carbocycles. The summed E-state index contributed by atoms with van der Waals surface area (Å²) in [4.78, 5) is 11.3. The molecule has 0 aliphatic heterocycles. The molecule has 92 valence electrons. The number of rotatable bonds is 5. The van der Waals surface area contributed by atoms with Crippen molar-refractivity contribution in [2.45, 2.75) is 32.1 Å². The monoisotopic (exact) mass is 234 g/mol. The average Bonchev–Trinajstić information content (AvgIpc) is 3.08. The maximum Gasteiger partial charge on any atom is 0.307 e. The molecule has 2 unspecified atom stereocenters. The molecule has 0 saturated heterocycles. The topological polar surface area (TPSA) is 57.5 Å². The largest absolute Gasteiger partial charge is 0.508 e. The molecule has 0 radical (unpaired) electrons. The van der Waals surface area contributed by atoms with Crippen molar-refractivity contribution in [2.75, 3.05) is 0 Å². The number of benzene rings is 1. The van der Waals surface area contributed by atoms with E-state index in [2.05, 4.69) is 0 Å². The van der Waals surface area contributed by atoms with Gasteiger partial charge in [0.2, 0.25) is 0 Å². The first-order valence-electron chi connectivity index (χ1n) is 6.15. The highest BCUT2D eigenvalue weighted by Gasteiger charge is 2.39. The van der Waals surface area contributed by atoms with Gasteiger partial charge in [-0.2, -0.15) is 0 Å². The molecule has 2 atom stereocenters. The van der Waals surface area contributed by atoms with Gasteiger partial charge >= 0.3 is 5.97 Å². The average molecular weight is 234 g/mol. The van der Waals surface area contributed by atoms with Crippen LogP contribution in [0.1, 0.15) is 37.7 Å². The van der Waals surface area contributed by atoms with Crippen molar-refractivity contribution in [1.82, 2.24) is 0 Å². The molecular weight excluding hydrogens is 216 g/mol. The normalized spacial score (nSPS) is 18.6. The summed E-state index contributed by atoms with van der Waals surface area (Å²) in [7, 11) is 0. The number of phenols is 1. The summed E-state index contributed by atoms with van der Waals surface area (Å²) < 4.78 is 0. The lowest BCUT2D eigenvalue weighted by Gasteiger charge is -2.23. The Morgan fingerprint density at radius 3 is 2.65 bits per heavy atom. The van der Waals surface area contributed by atoms with Crippen molar-refractivity contribution in [2.24, 2.45) is 11.8 Å². The molecule has 1 aromatic rings. The molecular formula is C14H18O3. The summed E-state index contributed by atoms with van der Waals surface area (Å²) in [5.74, 6) is -0.340. The fourth-order valence-electron chi connectivity index (χ4n) is 2.60. The zero-order chi connectivity index (χ0) is 12.4. The van der Waals surface area contributed by atoms with Crippen LogP contribution < -0.4 is 0 Å². The number of hydrogen-bond acceptors (Lipinski definition) is 2. The third-order valence-electron chi connectivity index (χ3n) is 3.58. The number of hydrogen-bond donors (Lipinski definition) is 2. The molecule has 0 spiro atoms. The van der Waals surface area contributed by atoms with Crippen molar-refractivity contribution >= 4 is 5.97 Å². The molecule has 1 aliphatic rings. The third kappa shape index (κ3) is 2.60. The van der Waals surface area contributed by atoms with E-state index in [1.165, 1.54) is 0 Å². The van der Waals surface area contributed by atoms with E-state index in [4.69, 9.17) is 0 Å². The number of aromatic hydroxyl groups is 1. The third-order valence-corrected chi connectivity index (χ3v) is 3.58. The van der Waals surface area contributed by atoms with Gasteiger partial charge in [-0.05, 0) is 42.9 Å². The van der Waals surface area contributed by atoms with Crippen LogP contribution in [-0.4, -0.2) is 16.2 Å². The van der Waals surface area contributed by atoms with Crippen LogP contribution in [0.15, 0.2) is 24.3 Å². The van der Waals surface area contributed by atoms with Gasteiger partial charge in [0.25, 0.3) is 0 Å². The maximum atomic E-state index is 11.3. The molecule has 2 rings (SSSR count). The van der Waals surface area contributed by atoms with Gasteiger partial charge in [-0.3, -0.25) is 4.79 Å². The minimum Gasteiger partial charge on any atom is -0.508 e. The maximum absolute atomic E-state index is 11.3. The van der Waals surface area contributed by atoms with Crippen LogP contribution in [0.4, 0.5) is 0 Å². The first kappa shape index (κ1) is 12.0. The lowest BCUT2D eigenvalue weighted by atomic mass is 9.81. The van der Waals surface area contributed by atoms with Crippen LogP contribution in [0.25, 0.3) is 0 Å². The van der Waals surface area contributed by atoms with Crippen LogP contribution in [0.2, 0.25) is 0 Å². The summed E-state index contributed by atoms with van der Waals surface area (Å²) in [5.41, 5.74) is 0.960. The highest BCUT2D eigenvalue weighted by atomic mass is 16.4. The van der Waals surface area contributed by atoms with E-state index in [-0.39, 0.29) is 17.6 Å². The van der Waals surface area contributed by atoms with Crippen molar-refractivity contribution in [3.63, 3.8) is 0 Å². The number of phenolic OH excluding ortho intramolecular Hbond substituents is 1. The molecule has 3 heteroatoms. The Hall–Kier alpha value is -1.51. The quantitative estimate of drug-likeness (QED) is 0.823. The number of carboxylic acid groups (broad SMARTS) is 1. The van der Waals surface area contributed by atoms with Crippen LogP contribution >= 0.6 is 0 Å². The van der Waals surface area contributed by atoms with Crippen molar-refractivity contribution in [1.29, 1.82) is 0 Å². The Balaban J connectivity index is 2.31. The van der Waals surface area contributed by atoms with E-state index in [0.717, 1.165) is 18.4 Å². The first-order valence-corrected chi connectivity index (χ1v) is 6.15. The predicted octanol–water partition coefficient (Wildman–Crippen LogP) is 3.00. The van der Waals surface area contributed by atoms with Gasteiger partial charge in [0.1, 0.15) is 5.75 Å². The molecule has 2 N–H and O–H groups in total. The van der Waals surface area contributed by atoms with Crippen LogP contribution in [0, 0.1) is 11.8 Å². The van der Waals surface area contributed by atoms with Gasteiger partial charge in [-0.15, -0.1) is 0 Å². The van der Waals surface area contributed by atoms with E-state index < -0.39 is 5.97 Å². The molecule has 1 fully saturated rings. The Labute approximate surface area is 101 Å². The van der Waals surface area contributed by atoms with E-state index in [0.29, 0.717) is 12.3 Å². The molecule has 0 heterocycles. The van der Waals surface area contributed by atoms with E-state index in [9.17, 15) is 15.0 Å². The molecule has 0 bridgehead atoms. The summed E-state index contributed by atoms with van der Waals surface area (Å²) in [6.07, 6.45) is 2.83. The molecule has 3 nitrogen and oxygen atoms in total. The zero-order valence-corrected chi connectivity index (χ0v) is 9.97. The minimum atomic E-state index is -0.729. The summed E-state index contributed by atoms with van der Waals surface area (Å²) in [5, 5.41) is 18.8. The summed E-state index contributed by atoms with van der Waals surface area (Å²) in [6.45, 7) is 1.91. The van der Waals surface area contributed by atoms with Crippen molar-refractivity contribution in [3.05, 3.63) is 29.8 Å². The van der Waals surface area contributed by atoms with Crippen molar-refractivity contribution in [3.8, 4) is 5.75 Å². The van der Waals surface area contributed by atoms with Gasteiger partial charge in [-0.25, -0.2) is 0 Å².